The zero-order chi connectivity index (χ0) is 13.1. The molecule has 0 saturated heterocycles. The minimum atomic E-state index is -0.686. The highest BCUT2D eigenvalue weighted by atomic mass is 79.9. The van der Waals surface area contributed by atoms with E-state index in [1.807, 2.05) is 0 Å². The van der Waals surface area contributed by atoms with Crippen LogP contribution in [0.2, 0.25) is 0 Å². The van der Waals surface area contributed by atoms with E-state index in [9.17, 15) is 14.5 Å². The molecule has 0 atom stereocenters. The van der Waals surface area contributed by atoms with E-state index in [0.29, 0.717) is 5.69 Å². The van der Waals surface area contributed by atoms with Crippen molar-refractivity contribution in [2.24, 2.45) is 0 Å². The van der Waals surface area contributed by atoms with Crippen molar-refractivity contribution in [2.45, 2.75) is 6.54 Å². The van der Waals surface area contributed by atoms with E-state index in [0.717, 1.165) is 6.07 Å². The Hall–Kier alpha value is -1.96. The molecular weight excluding hydrogens is 309 g/mol. The van der Waals surface area contributed by atoms with Crippen LogP contribution in [0.1, 0.15) is 5.69 Å². The topological polar surface area (TPSA) is 81.2 Å². The summed E-state index contributed by atoms with van der Waals surface area (Å²) in [7, 11) is 0. The number of benzene rings is 1. The first-order valence-electron chi connectivity index (χ1n) is 4.84. The van der Waals surface area contributed by atoms with E-state index in [2.05, 4.69) is 30.9 Å². The number of nitrogens with one attached hydrogen (secondary N) is 1. The minimum Gasteiger partial charge on any atom is -0.374 e. The number of aromatic nitrogens is 1. The van der Waals surface area contributed by atoms with Gasteiger partial charge in [-0.2, -0.15) is 0 Å². The zero-order valence-corrected chi connectivity index (χ0v) is 10.5. The van der Waals surface area contributed by atoms with Gasteiger partial charge in [0.25, 0.3) is 5.69 Å². The van der Waals surface area contributed by atoms with Crippen LogP contribution in [0, 0.1) is 15.9 Å². The first-order valence-corrected chi connectivity index (χ1v) is 5.64. The third-order valence-electron chi connectivity index (χ3n) is 2.19. The van der Waals surface area contributed by atoms with Crippen molar-refractivity contribution in [3.63, 3.8) is 0 Å². The van der Waals surface area contributed by atoms with Crippen molar-refractivity contribution < 1.29 is 13.8 Å². The Morgan fingerprint density at radius 3 is 2.94 bits per heavy atom. The highest BCUT2D eigenvalue weighted by Gasteiger charge is 2.17. The molecule has 94 valence electrons. The second kappa shape index (κ2) is 5.13. The Bertz CT molecular complexity index is 574. The van der Waals surface area contributed by atoms with Gasteiger partial charge in [0.2, 0.25) is 0 Å². The van der Waals surface area contributed by atoms with Crippen molar-refractivity contribution in [1.29, 1.82) is 0 Å². The van der Waals surface area contributed by atoms with Gasteiger partial charge in [-0.15, -0.1) is 0 Å². The Balaban J connectivity index is 2.25. The third-order valence-corrected chi connectivity index (χ3v) is 2.79. The summed E-state index contributed by atoms with van der Waals surface area (Å²) < 4.78 is 18.0. The van der Waals surface area contributed by atoms with E-state index in [-0.39, 0.29) is 22.4 Å². The van der Waals surface area contributed by atoms with Crippen LogP contribution in [-0.4, -0.2) is 10.1 Å². The summed E-state index contributed by atoms with van der Waals surface area (Å²) in [6, 6.07) is 3.79. The molecule has 1 heterocycles. The lowest BCUT2D eigenvalue weighted by molar-refractivity contribution is -0.384. The molecule has 0 saturated carbocycles. The number of nitro groups is 1. The first-order chi connectivity index (χ1) is 8.58. The Labute approximate surface area is 109 Å². The minimum absolute atomic E-state index is 0.149. The predicted octanol–water partition coefficient (Wildman–Crippen LogP) is 3.10. The summed E-state index contributed by atoms with van der Waals surface area (Å²) in [6.45, 7) is 0.245. The fraction of sp³-hybridized carbons (Fsp3) is 0.100. The molecule has 0 aliphatic rings. The molecule has 1 aromatic heterocycles. The molecule has 0 radical (unpaired) electrons. The van der Waals surface area contributed by atoms with Gasteiger partial charge in [0.15, 0.2) is 0 Å². The largest absolute Gasteiger partial charge is 0.374 e. The standard InChI is InChI=1S/C10H7BrFN3O3/c11-7-3-9(10(15(16)17)4-8(7)12)13-5-6-1-2-18-14-6/h1-4,13H,5H2. The molecule has 0 aliphatic carbocycles. The summed E-state index contributed by atoms with van der Waals surface area (Å²) >= 11 is 2.98. The van der Waals surface area contributed by atoms with E-state index < -0.39 is 10.7 Å². The smallest absolute Gasteiger partial charge is 0.295 e. The average molecular weight is 316 g/mol. The summed E-state index contributed by atoms with van der Waals surface area (Å²) in [4.78, 5) is 10.1. The van der Waals surface area contributed by atoms with E-state index in [1.165, 1.54) is 12.3 Å². The molecule has 2 aromatic rings. The molecule has 1 N–H and O–H groups in total. The number of nitrogens with zero attached hydrogens (tertiary/aromatic N) is 2. The van der Waals surface area contributed by atoms with E-state index >= 15 is 0 Å². The number of hydrogen-bond acceptors (Lipinski definition) is 5. The van der Waals surface area contributed by atoms with Gasteiger partial charge < -0.3 is 9.84 Å². The fourth-order valence-corrected chi connectivity index (χ4v) is 1.69. The molecule has 18 heavy (non-hydrogen) atoms. The van der Waals surface area contributed by atoms with Gasteiger partial charge in [-0.3, -0.25) is 10.1 Å². The van der Waals surface area contributed by atoms with E-state index in [1.54, 1.807) is 6.07 Å². The van der Waals surface area contributed by atoms with Crippen molar-refractivity contribution in [1.82, 2.24) is 5.16 Å². The molecule has 2 rings (SSSR count). The average Bonchev–Trinajstić information content (AvgIpc) is 2.83. The first kappa shape index (κ1) is 12.5. The lowest BCUT2D eigenvalue weighted by Gasteiger charge is -2.06. The summed E-state index contributed by atoms with van der Waals surface area (Å²) in [5.41, 5.74) is 0.459. The van der Waals surface area contributed by atoms with Crippen molar-refractivity contribution in [2.75, 3.05) is 5.32 Å². The van der Waals surface area contributed by atoms with Crippen LogP contribution < -0.4 is 5.32 Å². The quantitative estimate of drug-likeness (QED) is 0.692. The van der Waals surface area contributed by atoms with Gasteiger partial charge in [-0.1, -0.05) is 5.16 Å². The van der Waals surface area contributed by atoms with Gasteiger partial charge in [0, 0.05) is 6.07 Å². The molecule has 0 fully saturated rings. The Morgan fingerprint density at radius 2 is 2.33 bits per heavy atom. The molecule has 0 unspecified atom stereocenters. The molecule has 0 aliphatic heterocycles. The van der Waals surface area contributed by atoms with Crippen LogP contribution in [0.25, 0.3) is 0 Å². The van der Waals surface area contributed by atoms with Gasteiger partial charge >= 0.3 is 0 Å². The van der Waals surface area contributed by atoms with E-state index in [4.69, 9.17) is 0 Å². The molecular formula is C10H7BrFN3O3. The maximum absolute atomic E-state index is 13.2. The highest BCUT2D eigenvalue weighted by molar-refractivity contribution is 9.10. The predicted molar refractivity (Wildman–Crippen MR) is 64.6 cm³/mol. The van der Waals surface area contributed by atoms with Gasteiger partial charge in [0.1, 0.15) is 23.5 Å². The van der Waals surface area contributed by atoms with Gasteiger partial charge in [0.05, 0.1) is 22.0 Å². The number of rotatable bonds is 4. The normalized spacial score (nSPS) is 10.3. The number of hydrogen-bond donors (Lipinski definition) is 1. The Kier molecular flexibility index (Phi) is 3.56. The van der Waals surface area contributed by atoms with Gasteiger partial charge in [-0.25, -0.2) is 4.39 Å². The number of anilines is 1. The molecule has 1 aromatic carbocycles. The van der Waals surface area contributed by atoms with Crippen LogP contribution >= 0.6 is 15.9 Å². The number of nitro benzene ring substituents is 1. The lowest BCUT2D eigenvalue weighted by Crippen LogP contribution is -2.03. The van der Waals surface area contributed by atoms with Crippen LogP contribution in [0.3, 0.4) is 0 Å². The fourth-order valence-electron chi connectivity index (χ4n) is 1.34. The monoisotopic (exact) mass is 315 g/mol. The second-order valence-electron chi connectivity index (χ2n) is 3.38. The van der Waals surface area contributed by atoms with Crippen molar-refractivity contribution in [3.05, 3.63) is 50.6 Å². The molecule has 0 bridgehead atoms. The molecule has 6 nitrogen and oxygen atoms in total. The zero-order valence-electron chi connectivity index (χ0n) is 8.89. The van der Waals surface area contributed by atoms with Crippen LogP contribution in [0.15, 0.2) is 33.5 Å². The highest BCUT2D eigenvalue weighted by Crippen LogP contribution is 2.30. The SMILES string of the molecule is O=[N+]([O-])c1cc(F)c(Br)cc1NCc1ccon1. The number of halogens is 2. The summed E-state index contributed by atoms with van der Waals surface area (Å²) in [5.74, 6) is -0.686. The van der Waals surface area contributed by atoms with Crippen LogP contribution in [0.5, 0.6) is 0 Å². The summed E-state index contributed by atoms with van der Waals surface area (Å²) in [6.07, 6.45) is 1.39. The van der Waals surface area contributed by atoms with Gasteiger partial charge in [-0.05, 0) is 22.0 Å². The van der Waals surface area contributed by atoms with Crippen LogP contribution in [0.4, 0.5) is 15.8 Å². The Morgan fingerprint density at radius 1 is 1.56 bits per heavy atom. The van der Waals surface area contributed by atoms with Crippen molar-refractivity contribution >= 4 is 27.3 Å². The van der Waals surface area contributed by atoms with Crippen molar-refractivity contribution in [3.8, 4) is 0 Å². The second-order valence-corrected chi connectivity index (χ2v) is 4.24. The molecule has 8 heteroatoms. The lowest BCUT2D eigenvalue weighted by atomic mass is 10.2. The summed E-state index contributed by atoms with van der Waals surface area (Å²) in [5, 5.41) is 17.3. The van der Waals surface area contributed by atoms with Crippen LogP contribution in [-0.2, 0) is 6.54 Å². The molecule has 0 spiro atoms. The molecule has 0 amide bonds. The maximum Gasteiger partial charge on any atom is 0.295 e. The third kappa shape index (κ3) is 2.65. The maximum atomic E-state index is 13.2.